The van der Waals surface area contributed by atoms with Crippen molar-refractivity contribution in [2.45, 2.75) is 51.4 Å². The van der Waals surface area contributed by atoms with E-state index in [0.717, 1.165) is 23.1 Å². The van der Waals surface area contributed by atoms with Gasteiger partial charge in [0.2, 0.25) is 0 Å². The average molecular weight is 502 g/mol. The standard InChI is InChI=1S/C30H31NO6/c1-4-25(20-8-6-5-7-9-20)31-17-23-16-28-27(15-22(23)14-26(31)30(33)34-3)35-18-29(37-28)21-10-12-24(13-11-21)36-19(2)32/h5-13,15-16,25-26,29H,4,14,17-18H2,1-3H3/t25-,26-,29?/m0/s1. The van der Waals surface area contributed by atoms with Crippen LogP contribution < -0.4 is 14.2 Å². The fourth-order valence-corrected chi connectivity index (χ4v) is 5.27. The van der Waals surface area contributed by atoms with Crippen LogP contribution in [0.15, 0.2) is 66.7 Å². The van der Waals surface area contributed by atoms with Crippen molar-refractivity contribution in [2.75, 3.05) is 13.7 Å². The summed E-state index contributed by atoms with van der Waals surface area (Å²) in [6.07, 6.45) is 1.12. The maximum atomic E-state index is 12.9. The Kier molecular flexibility index (Phi) is 7.15. The molecule has 0 bridgehead atoms. The molecule has 7 heteroatoms. The van der Waals surface area contributed by atoms with E-state index in [4.69, 9.17) is 18.9 Å². The van der Waals surface area contributed by atoms with Crippen LogP contribution in [0.1, 0.15) is 54.7 Å². The first-order valence-corrected chi connectivity index (χ1v) is 12.6. The Morgan fingerprint density at radius 2 is 1.76 bits per heavy atom. The first-order valence-electron chi connectivity index (χ1n) is 12.6. The molecule has 0 saturated heterocycles. The maximum absolute atomic E-state index is 12.9. The van der Waals surface area contributed by atoms with Crippen LogP contribution in [-0.2, 0) is 27.3 Å². The van der Waals surface area contributed by atoms with Crippen LogP contribution in [0, 0.1) is 0 Å². The highest BCUT2D eigenvalue weighted by Crippen LogP contribution is 2.42. The van der Waals surface area contributed by atoms with Gasteiger partial charge in [0, 0.05) is 19.5 Å². The highest BCUT2D eigenvalue weighted by Gasteiger charge is 2.38. The second-order valence-electron chi connectivity index (χ2n) is 9.40. The fourth-order valence-electron chi connectivity index (χ4n) is 5.27. The first kappa shape index (κ1) is 24.8. The lowest BCUT2D eigenvalue weighted by molar-refractivity contribution is -0.149. The van der Waals surface area contributed by atoms with E-state index in [0.29, 0.717) is 36.8 Å². The molecule has 7 nitrogen and oxygen atoms in total. The molecule has 5 rings (SSSR count). The van der Waals surface area contributed by atoms with Crippen LogP contribution in [0.25, 0.3) is 0 Å². The SMILES string of the molecule is CC[C@@H](c1ccccc1)N1Cc2cc3c(cc2C[C@H]1C(=O)OC)OCC(c1ccc(OC(C)=O)cc1)O3. The van der Waals surface area contributed by atoms with E-state index in [-0.39, 0.29) is 30.1 Å². The summed E-state index contributed by atoms with van der Waals surface area (Å²) in [7, 11) is 1.45. The molecule has 2 aliphatic rings. The maximum Gasteiger partial charge on any atom is 0.323 e. The van der Waals surface area contributed by atoms with Gasteiger partial charge in [0.05, 0.1) is 7.11 Å². The lowest BCUT2D eigenvalue weighted by Crippen LogP contribution is -2.47. The van der Waals surface area contributed by atoms with E-state index < -0.39 is 0 Å². The number of hydrogen-bond acceptors (Lipinski definition) is 7. The zero-order chi connectivity index (χ0) is 25.9. The summed E-state index contributed by atoms with van der Waals surface area (Å²) in [5, 5.41) is 0. The summed E-state index contributed by atoms with van der Waals surface area (Å²) < 4.78 is 22.8. The third-order valence-corrected chi connectivity index (χ3v) is 7.05. The second-order valence-corrected chi connectivity index (χ2v) is 9.40. The molecule has 0 saturated carbocycles. The third-order valence-electron chi connectivity index (χ3n) is 7.05. The van der Waals surface area contributed by atoms with Gasteiger partial charge in [-0.25, -0.2) is 0 Å². The average Bonchev–Trinajstić information content (AvgIpc) is 2.92. The van der Waals surface area contributed by atoms with Crippen molar-refractivity contribution in [3.63, 3.8) is 0 Å². The van der Waals surface area contributed by atoms with Crippen molar-refractivity contribution in [1.29, 1.82) is 0 Å². The number of methoxy groups -OCH3 is 1. The molecule has 0 fully saturated rings. The number of carbonyl (C=O) groups excluding carboxylic acids is 2. The van der Waals surface area contributed by atoms with Crippen LogP contribution >= 0.6 is 0 Å². The number of hydrogen-bond donors (Lipinski definition) is 0. The van der Waals surface area contributed by atoms with E-state index in [9.17, 15) is 9.59 Å². The van der Waals surface area contributed by atoms with E-state index in [1.807, 2.05) is 42.5 Å². The van der Waals surface area contributed by atoms with Gasteiger partial charge in [0.1, 0.15) is 18.4 Å². The summed E-state index contributed by atoms with van der Waals surface area (Å²) in [4.78, 5) is 26.3. The minimum absolute atomic E-state index is 0.0788. The van der Waals surface area contributed by atoms with Crippen molar-refractivity contribution < 1.29 is 28.5 Å². The summed E-state index contributed by atoms with van der Waals surface area (Å²) in [5.41, 5.74) is 4.29. The van der Waals surface area contributed by atoms with Crippen LogP contribution in [0.5, 0.6) is 17.2 Å². The van der Waals surface area contributed by atoms with Crippen LogP contribution in [0.4, 0.5) is 0 Å². The zero-order valence-electron chi connectivity index (χ0n) is 21.3. The Bertz CT molecular complexity index is 1270. The Balaban J connectivity index is 1.42. The van der Waals surface area contributed by atoms with Crippen LogP contribution in [-0.4, -0.2) is 36.6 Å². The summed E-state index contributed by atoms with van der Waals surface area (Å²) in [6, 6.07) is 21.3. The monoisotopic (exact) mass is 501 g/mol. The summed E-state index contributed by atoms with van der Waals surface area (Å²) >= 11 is 0. The number of fused-ring (bicyclic) bond motifs is 2. The first-order chi connectivity index (χ1) is 18.0. The van der Waals surface area contributed by atoms with E-state index >= 15 is 0 Å². The number of benzene rings is 3. The number of nitrogens with zero attached hydrogens (tertiary/aromatic N) is 1. The minimum atomic E-state index is -0.381. The van der Waals surface area contributed by atoms with Gasteiger partial charge in [0.25, 0.3) is 0 Å². The third kappa shape index (κ3) is 5.18. The molecule has 1 unspecified atom stereocenters. The lowest BCUT2D eigenvalue weighted by atomic mass is 9.89. The Hall–Kier alpha value is -3.84. The van der Waals surface area contributed by atoms with Gasteiger partial charge in [-0.3, -0.25) is 14.5 Å². The van der Waals surface area contributed by atoms with Gasteiger partial charge in [-0.05, 0) is 59.4 Å². The molecule has 2 aliphatic heterocycles. The Morgan fingerprint density at radius 1 is 1.03 bits per heavy atom. The van der Waals surface area contributed by atoms with Crippen molar-refractivity contribution in [3.8, 4) is 17.2 Å². The summed E-state index contributed by atoms with van der Waals surface area (Å²) in [6.45, 7) is 4.47. The molecule has 37 heavy (non-hydrogen) atoms. The highest BCUT2D eigenvalue weighted by atomic mass is 16.6. The minimum Gasteiger partial charge on any atom is -0.485 e. The molecule has 0 spiro atoms. The molecule has 3 aromatic carbocycles. The van der Waals surface area contributed by atoms with E-state index in [1.54, 1.807) is 12.1 Å². The zero-order valence-corrected chi connectivity index (χ0v) is 21.3. The Labute approximate surface area is 216 Å². The second kappa shape index (κ2) is 10.6. The Morgan fingerprint density at radius 3 is 2.43 bits per heavy atom. The van der Waals surface area contributed by atoms with Crippen molar-refractivity contribution >= 4 is 11.9 Å². The smallest absolute Gasteiger partial charge is 0.323 e. The molecule has 0 radical (unpaired) electrons. The van der Waals surface area contributed by atoms with Crippen molar-refractivity contribution in [1.82, 2.24) is 4.90 Å². The predicted molar refractivity (Wildman–Crippen MR) is 138 cm³/mol. The van der Waals surface area contributed by atoms with Crippen LogP contribution in [0.2, 0.25) is 0 Å². The quantitative estimate of drug-likeness (QED) is 0.341. The molecular weight excluding hydrogens is 470 g/mol. The fraction of sp³-hybridized carbons (Fsp3) is 0.333. The van der Waals surface area contributed by atoms with Gasteiger partial charge < -0.3 is 18.9 Å². The molecule has 0 N–H and O–H groups in total. The van der Waals surface area contributed by atoms with Gasteiger partial charge in [-0.15, -0.1) is 0 Å². The molecule has 0 amide bonds. The molecule has 3 aromatic rings. The van der Waals surface area contributed by atoms with Gasteiger partial charge in [0.15, 0.2) is 17.6 Å². The normalized spacial score (nSPS) is 19.4. The molecular formula is C30H31NO6. The van der Waals surface area contributed by atoms with Gasteiger partial charge in [-0.2, -0.15) is 0 Å². The molecule has 0 aliphatic carbocycles. The molecule has 2 heterocycles. The van der Waals surface area contributed by atoms with Crippen molar-refractivity contribution in [3.05, 3.63) is 89.0 Å². The summed E-state index contributed by atoms with van der Waals surface area (Å²) in [5.74, 6) is 1.27. The molecule has 192 valence electrons. The lowest BCUT2D eigenvalue weighted by Gasteiger charge is -2.41. The van der Waals surface area contributed by atoms with Crippen LogP contribution in [0.3, 0.4) is 0 Å². The number of carbonyl (C=O) groups is 2. The molecule has 0 aromatic heterocycles. The predicted octanol–water partition coefficient (Wildman–Crippen LogP) is 5.18. The topological polar surface area (TPSA) is 74.3 Å². The highest BCUT2D eigenvalue weighted by molar-refractivity contribution is 5.77. The van der Waals surface area contributed by atoms with Gasteiger partial charge >= 0.3 is 11.9 Å². The van der Waals surface area contributed by atoms with E-state index in [2.05, 4.69) is 24.0 Å². The van der Waals surface area contributed by atoms with Gasteiger partial charge in [-0.1, -0.05) is 49.4 Å². The number of ether oxygens (including phenoxy) is 4. The van der Waals surface area contributed by atoms with Crippen molar-refractivity contribution in [2.24, 2.45) is 0 Å². The number of esters is 2. The van der Waals surface area contributed by atoms with E-state index in [1.165, 1.54) is 19.6 Å². The largest absolute Gasteiger partial charge is 0.485 e. The number of rotatable bonds is 6. The molecule has 3 atom stereocenters.